The fourth-order valence-corrected chi connectivity index (χ4v) is 3.26. The zero-order chi connectivity index (χ0) is 10.9. The largest absolute Gasteiger partial charge is 0.316 e. The van der Waals surface area contributed by atoms with Gasteiger partial charge in [-0.3, -0.25) is 4.90 Å². The van der Waals surface area contributed by atoms with Crippen molar-refractivity contribution in [2.45, 2.75) is 32.2 Å². The van der Waals surface area contributed by atoms with Gasteiger partial charge in [0.1, 0.15) is 0 Å². The Bertz CT molecular complexity index is 264. The maximum absolute atomic E-state index is 5.29. The summed E-state index contributed by atoms with van der Waals surface area (Å²) in [4.78, 5) is 2.64. The summed E-state index contributed by atoms with van der Waals surface area (Å²) in [6, 6.07) is 0. The molecule has 2 nitrogen and oxygen atoms in total. The Balaban J connectivity index is 1.94. The molecule has 2 saturated heterocycles. The quantitative estimate of drug-likeness (QED) is 0.553. The van der Waals surface area contributed by atoms with Gasteiger partial charge >= 0.3 is 0 Å². The van der Waals surface area contributed by atoms with Crippen LogP contribution < -0.4 is 5.32 Å². The molecule has 0 aromatic heterocycles. The van der Waals surface area contributed by atoms with Gasteiger partial charge in [0.05, 0.1) is 0 Å². The molecule has 0 bridgehead atoms. The zero-order valence-electron chi connectivity index (χ0n) is 9.92. The number of terminal acetylenes is 1. The van der Waals surface area contributed by atoms with Crippen LogP contribution in [0.5, 0.6) is 0 Å². The maximum Gasteiger partial charge on any atom is 0.0197 e. The van der Waals surface area contributed by atoms with Crippen molar-refractivity contribution in [1.82, 2.24) is 10.2 Å². The molecule has 0 radical (unpaired) electrons. The van der Waals surface area contributed by atoms with Gasteiger partial charge in [0.2, 0.25) is 0 Å². The molecule has 0 aliphatic carbocycles. The highest BCUT2D eigenvalue weighted by atomic mass is 15.2. The summed E-state index contributed by atoms with van der Waals surface area (Å²) in [5.41, 5.74) is 0.364. The molecule has 0 amide bonds. The van der Waals surface area contributed by atoms with Crippen molar-refractivity contribution in [3.05, 3.63) is 0 Å². The molecule has 2 atom stereocenters. The van der Waals surface area contributed by atoms with Crippen molar-refractivity contribution in [2.75, 3.05) is 26.2 Å². The molecule has 2 unspecified atom stereocenters. The van der Waals surface area contributed by atoms with Crippen molar-refractivity contribution in [2.24, 2.45) is 11.8 Å². The molecule has 1 N–H and O–H groups in total. The molecule has 2 fully saturated rings. The van der Waals surface area contributed by atoms with Crippen molar-refractivity contribution in [1.29, 1.82) is 0 Å². The first kappa shape index (κ1) is 11.0. The van der Waals surface area contributed by atoms with Crippen LogP contribution in [0.3, 0.4) is 0 Å². The Labute approximate surface area is 93.4 Å². The van der Waals surface area contributed by atoms with E-state index < -0.39 is 0 Å². The molecule has 15 heavy (non-hydrogen) atoms. The van der Waals surface area contributed by atoms with Crippen LogP contribution in [0.2, 0.25) is 0 Å². The van der Waals surface area contributed by atoms with Gasteiger partial charge in [-0.05, 0) is 45.2 Å². The summed E-state index contributed by atoms with van der Waals surface area (Å²) in [5.74, 6) is 4.43. The predicted molar refractivity (Wildman–Crippen MR) is 63.6 cm³/mol. The van der Waals surface area contributed by atoms with E-state index in [0.717, 1.165) is 24.7 Å². The van der Waals surface area contributed by atoms with Crippen LogP contribution in [0, 0.1) is 24.2 Å². The first-order valence-corrected chi connectivity index (χ1v) is 6.05. The van der Waals surface area contributed by atoms with Gasteiger partial charge in [-0.15, -0.1) is 12.3 Å². The van der Waals surface area contributed by atoms with E-state index in [1.54, 1.807) is 0 Å². The third-order valence-electron chi connectivity index (χ3n) is 4.27. The fourth-order valence-electron chi connectivity index (χ4n) is 3.26. The summed E-state index contributed by atoms with van der Waals surface area (Å²) in [6.45, 7) is 9.61. The average Bonchev–Trinajstić information content (AvgIpc) is 2.72. The Morgan fingerprint density at radius 1 is 1.47 bits per heavy atom. The van der Waals surface area contributed by atoms with Crippen molar-refractivity contribution < 1.29 is 0 Å². The number of unbranched alkanes of at least 4 members (excludes halogenated alkanes) is 1. The Hall–Kier alpha value is -0.520. The van der Waals surface area contributed by atoms with E-state index in [4.69, 9.17) is 6.42 Å². The molecule has 84 valence electrons. The number of fused-ring (bicyclic) bond motifs is 1. The third kappa shape index (κ3) is 1.91. The lowest BCUT2D eigenvalue weighted by molar-refractivity contribution is 0.139. The lowest BCUT2D eigenvalue weighted by Gasteiger charge is -2.35. The van der Waals surface area contributed by atoms with Crippen LogP contribution in [0.4, 0.5) is 0 Å². The first-order valence-electron chi connectivity index (χ1n) is 6.05. The van der Waals surface area contributed by atoms with Crippen molar-refractivity contribution in [3.8, 4) is 12.3 Å². The van der Waals surface area contributed by atoms with Crippen LogP contribution in [0.1, 0.15) is 26.7 Å². The van der Waals surface area contributed by atoms with Gasteiger partial charge in [-0.25, -0.2) is 0 Å². The number of nitrogens with zero attached hydrogens (tertiary/aromatic N) is 1. The molecule has 2 heterocycles. The first-order chi connectivity index (χ1) is 7.16. The van der Waals surface area contributed by atoms with Crippen LogP contribution in [-0.2, 0) is 0 Å². The topological polar surface area (TPSA) is 15.3 Å². The Morgan fingerprint density at radius 2 is 2.27 bits per heavy atom. The van der Waals surface area contributed by atoms with Crippen LogP contribution >= 0.6 is 0 Å². The van der Waals surface area contributed by atoms with Gasteiger partial charge in [0.25, 0.3) is 0 Å². The summed E-state index contributed by atoms with van der Waals surface area (Å²) in [6.07, 6.45) is 7.36. The van der Waals surface area contributed by atoms with E-state index in [2.05, 4.69) is 30.0 Å². The minimum absolute atomic E-state index is 0.364. The molecule has 0 aromatic carbocycles. The number of rotatable bonds is 3. The number of hydrogen-bond donors (Lipinski definition) is 1. The Kier molecular flexibility index (Phi) is 3.04. The highest BCUT2D eigenvalue weighted by Crippen LogP contribution is 2.40. The summed E-state index contributed by atoms with van der Waals surface area (Å²) >= 11 is 0. The summed E-state index contributed by atoms with van der Waals surface area (Å²) < 4.78 is 0. The van der Waals surface area contributed by atoms with Gasteiger partial charge in [-0.2, -0.15) is 0 Å². The van der Waals surface area contributed by atoms with Crippen LogP contribution in [0.25, 0.3) is 0 Å². The van der Waals surface area contributed by atoms with E-state index in [1.807, 2.05) is 0 Å². The number of nitrogens with one attached hydrogen (secondary N) is 1. The van der Waals surface area contributed by atoms with Crippen LogP contribution in [0.15, 0.2) is 0 Å². The van der Waals surface area contributed by atoms with E-state index in [1.165, 1.54) is 26.2 Å². The Morgan fingerprint density at radius 3 is 2.93 bits per heavy atom. The minimum atomic E-state index is 0.364. The summed E-state index contributed by atoms with van der Waals surface area (Å²) in [7, 11) is 0. The number of hydrogen-bond acceptors (Lipinski definition) is 2. The molecule has 2 rings (SSSR count). The lowest BCUT2D eigenvalue weighted by Crippen LogP contribution is -2.44. The van der Waals surface area contributed by atoms with Crippen molar-refractivity contribution >= 4 is 0 Å². The zero-order valence-corrected chi connectivity index (χ0v) is 9.92. The standard InChI is InChI=1S/C13H22N2/c1-4-5-6-7-15-10-11-8-14-9-12(11)13(15,2)3/h1,11-12,14H,5-10H2,2-3H3. The predicted octanol–water partition coefficient (Wildman–Crippen LogP) is 1.33. The van der Waals surface area contributed by atoms with Crippen LogP contribution in [-0.4, -0.2) is 36.6 Å². The number of likely N-dealkylation sites (tertiary alicyclic amines) is 1. The molecule has 2 aliphatic rings. The third-order valence-corrected chi connectivity index (χ3v) is 4.27. The van der Waals surface area contributed by atoms with Gasteiger partial charge in [0, 0.05) is 25.0 Å². The molecule has 0 spiro atoms. The molecule has 0 aromatic rings. The highest BCUT2D eigenvalue weighted by Gasteiger charge is 2.48. The monoisotopic (exact) mass is 206 g/mol. The SMILES string of the molecule is C#CCCCN1CC2CNCC2C1(C)C. The van der Waals surface area contributed by atoms with E-state index in [9.17, 15) is 0 Å². The normalized spacial score (nSPS) is 33.9. The lowest BCUT2D eigenvalue weighted by atomic mass is 9.85. The molecule has 2 aliphatic heterocycles. The second-order valence-electron chi connectivity index (χ2n) is 5.43. The molecule has 0 saturated carbocycles. The van der Waals surface area contributed by atoms with E-state index in [-0.39, 0.29) is 0 Å². The molecule has 2 heteroatoms. The van der Waals surface area contributed by atoms with E-state index >= 15 is 0 Å². The van der Waals surface area contributed by atoms with Crippen molar-refractivity contribution in [3.63, 3.8) is 0 Å². The fraction of sp³-hybridized carbons (Fsp3) is 0.846. The molecular weight excluding hydrogens is 184 g/mol. The van der Waals surface area contributed by atoms with Gasteiger partial charge in [-0.1, -0.05) is 0 Å². The summed E-state index contributed by atoms with van der Waals surface area (Å²) in [5, 5.41) is 3.51. The highest BCUT2D eigenvalue weighted by molar-refractivity contribution is 5.04. The van der Waals surface area contributed by atoms with Gasteiger partial charge < -0.3 is 5.32 Å². The second-order valence-corrected chi connectivity index (χ2v) is 5.43. The van der Waals surface area contributed by atoms with Gasteiger partial charge in [0.15, 0.2) is 0 Å². The smallest absolute Gasteiger partial charge is 0.0197 e. The molecular formula is C13H22N2. The average molecular weight is 206 g/mol. The minimum Gasteiger partial charge on any atom is -0.316 e. The van der Waals surface area contributed by atoms with E-state index in [0.29, 0.717) is 5.54 Å². The second kappa shape index (κ2) is 4.15. The maximum atomic E-state index is 5.29.